The fourth-order valence-corrected chi connectivity index (χ4v) is 7.09. The molecule has 2 amide bonds. The molecule has 0 radical (unpaired) electrons. The average Bonchev–Trinajstić information content (AvgIpc) is 3.59. The Labute approximate surface area is 211 Å². The van der Waals surface area contributed by atoms with Gasteiger partial charge in [-0.15, -0.1) is 11.8 Å². The molecular weight excluding hydrogens is 470 g/mol. The maximum atomic E-state index is 13.5. The highest BCUT2D eigenvalue weighted by Crippen LogP contribution is 2.35. The van der Waals surface area contributed by atoms with Crippen molar-refractivity contribution in [3.05, 3.63) is 6.20 Å². The summed E-state index contributed by atoms with van der Waals surface area (Å²) in [5.41, 5.74) is 0. The molecule has 1 heterocycles. The summed E-state index contributed by atoms with van der Waals surface area (Å²) >= 11 is 2.90. The number of nitrogens with zero attached hydrogens (tertiary/aromatic N) is 2. The summed E-state index contributed by atoms with van der Waals surface area (Å²) in [6.07, 6.45) is 16.0. The molecule has 9 heteroatoms. The van der Waals surface area contributed by atoms with Crippen LogP contribution in [-0.2, 0) is 9.53 Å². The van der Waals surface area contributed by atoms with Crippen molar-refractivity contribution in [2.45, 2.75) is 99.8 Å². The molecule has 190 valence electrons. The molecule has 0 bridgehead atoms. The molecule has 3 aliphatic carbocycles. The second kappa shape index (κ2) is 13.1. The van der Waals surface area contributed by atoms with Crippen LogP contribution in [0.3, 0.4) is 0 Å². The average molecular weight is 510 g/mol. The molecule has 0 spiro atoms. The molecule has 0 atom stereocenters. The largest absolute Gasteiger partial charge is 0.481 e. The van der Waals surface area contributed by atoms with E-state index in [-0.39, 0.29) is 18.5 Å². The Morgan fingerprint density at radius 2 is 1.62 bits per heavy atom. The molecule has 1 aromatic heterocycles. The number of carboxylic acids is 1. The fraction of sp³-hybridized carbons (Fsp3) is 0.800. The highest BCUT2D eigenvalue weighted by molar-refractivity contribution is 8.01. The summed E-state index contributed by atoms with van der Waals surface area (Å²) < 4.78 is 6.90. The summed E-state index contributed by atoms with van der Waals surface area (Å²) in [5, 5.41) is 12.5. The van der Waals surface area contributed by atoms with E-state index in [9.17, 15) is 9.59 Å². The van der Waals surface area contributed by atoms with Gasteiger partial charge in [-0.1, -0.05) is 37.0 Å². The first-order chi connectivity index (χ1) is 16.6. The van der Waals surface area contributed by atoms with Gasteiger partial charge in [-0.3, -0.25) is 10.1 Å². The Morgan fingerprint density at radius 1 is 1.00 bits per heavy atom. The molecule has 2 N–H and O–H groups in total. The zero-order valence-corrected chi connectivity index (χ0v) is 21.7. The van der Waals surface area contributed by atoms with Crippen molar-refractivity contribution in [3.8, 4) is 0 Å². The van der Waals surface area contributed by atoms with Crippen LogP contribution in [0.15, 0.2) is 10.4 Å². The number of carbonyl (C=O) groups is 2. The molecule has 3 saturated carbocycles. The minimum Gasteiger partial charge on any atom is -0.481 e. The van der Waals surface area contributed by atoms with Crippen LogP contribution in [0.5, 0.6) is 0 Å². The van der Waals surface area contributed by atoms with Crippen molar-refractivity contribution in [3.63, 3.8) is 0 Å². The van der Waals surface area contributed by atoms with Gasteiger partial charge in [-0.25, -0.2) is 9.78 Å². The lowest BCUT2D eigenvalue weighted by molar-refractivity contribution is -0.136. The first-order valence-electron chi connectivity index (χ1n) is 13.1. The van der Waals surface area contributed by atoms with Gasteiger partial charge in [0.15, 0.2) is 5.13 Å². The van der Waals surface area contributed by atoms with Gasteiger partial charge in [0.2, 0.25) is 0 Å². The monoisotopic (exact) mass is 509 g/mol. The number of ether oxygens (including phenoxy) is 1. The molecule has 7 nitrogen and oxygen atoms in total. The van der Waals surface area contributed by atoms with Gasteiger partial charge in [0.1, 0.15) is 0 Å². The maximum Gasteiger partial charge on any atom is 0.324 e. The van der Waals surface area contributed by atoms with Gasteiger partial charge in [0.25, 0.3) is 0 Å². The minimum atomic E-state index is -0.797. The highest BCUT2D eigenvalue weighted by atomic mass is 32.2. The lowest BCUT2D eigenvalue weighted by Gasteiger charge is -2.41. The van der Waals surface area contributed by atoms with Crippen LogP contribution in [-0.4, -0.2) is 58.0 Å². The van der Waals surface area contributed by atoms with Crippen molar-refractivity contribution < 1.29 is 19.4 Å². The SMILES string of the molecule is O=C(O)CCSc1cnc(NC(=O)N(C2CCCCCC2)C2CCC(COCC3CC3)CC2)s1. The fourth-order valence-electron chi connectivity index (χ4n) is 5.22. The number of aliphatic carboxylic acids is 1. The third kappa shape index (κ3) is 8.12. The van der Waals surface area contributed by atoms with E-state index in [2.05, 4.69) is 15.2 Å². The van der Waals surface area contributed by atoms with Crippen LogP contribution in [0.2, 0.25) is 0 Å². The van der Waals surface area contributed by atoms with Crippen LogP contribution < -0.4 is 5.32 Å². The van der Waals surface area contributed by atoms with Crippen molar-refractivity contribution in [2.24, 2.45) is 11.8 Å². The van der Waals surface area contributed by atoms with E-state index < -0.39 is 5.97 Å². The van der Waals surface area contributed by atoms with Crippen molar-refractivity contribution in [1.29, 1.82) is 0 Å². The third-order valence-electron chi connectivity index (χ3n) is 7.32. The molecule has 3 aliphatic rings. The van der Waals surface area contributed by atoms with Gasteiger partial charge < -0.3 is 14.7 Å². The molecule has 0 saturated heterocycles. The number of thiazole rings is 1. The second-order valence-corrected chi connectivity index (χ2v) is 12.5. The standard InChI is InChI=1S/C25H39N3O4S2/c29-22(30)13-14-33-23-15-26-24(34-23)27-25(31)28(20-5-3-1-2-4-6-20)21-11-9-19(10-12-21)17-32-16-18-7-8-18/h15,18-21H,1-14,16-17H2,(H,29,30)(H,26,27,31). The number of thioether (sulfide) groups is 1. The zero-order valence-electron chi connectivity index (χ0n) is 20.1. The Kier molecular flexibility index (Phi) is 9.94. The normalized spacial score (nSPS) is 23.9. The van der Waals surface area contributed by atoms with Gasteiger partial charge in [0.05, 0.1) is 16.8 Å². The molecule has 0 aromatic carbocycles. The van der Waals surface area contributed by atoms with Crippen LogP contribution in [0.25, 0.3) is 0 Å². The predicted molar refractivity (Wildman–Crippen MR) is 137 cm³/mol. The smallest absolute Gasteiger partial charge is 0.324 e. The quantitative estimate of drug-likeness (QED) is 0.270. The van der Waals surface area contributed by atoms with E-state index in [1.54, 1.807) is 6.20 Å². The minimum absolute atomic E-state index is 0.0169. The lowest BCUT2D eigenvalue weighted by atomic mass is 9.85. The molecule has 34 heavy (non-hydrogen) atoms. The predicted octanol–water partition coefficient (Wildman–Crippen LogP) is 6.25. The zero-order chi connectivity index (χ0) is 23.8. The Morgan fingerprint density at radius 3 is 2.24 bits per heavy atom. The summed E-state index contributed by atoms with van der Waals surface area (Å²) in [5.74, 6) is 1.15. The van der Waals surface area contributed by atoms with E-state index in [1.807, 2.05) is 0 Å². The van der Waals surface area contributed by atoms with E-state index in [0.29, 0.717) is 22.8 Å². The van der Waals surface area contributed by atoms with Crippen molar-refractivity contribution in [2.75, 3.05) is 24.3 Å². The van der Waals surface area contributed by atoms with E-state index in [1.165, 1.54) is 61.6 Å². The number of carbonyl (C=O) groups excluding carboxylic acids is 1. The molecule has 1 aromatic rings. The number of hydrogen-bond donors (Lipinski definition) is 2. The molecule has 4 rings (SSSR count). The van der Waals surface area contributed by atoms with Gasteiger partial charge in [0, 0.05) is 31.1 Å². The van der Waals surface area contributed by atoms with E-state index >= 15 is 0 Å². The summed E-state index contributed by atoms with van der Waals surface area (Å²) in [7, 11) is 0. The Balaban J connectivity index is 1.33. The number of hydrogen-bond acceptors (Lipinski definition) is 6. The highest BCUT2D eigenvalue weighted by Gasteiger charge is 2.34. The van der Waals surface area contributed by atoms with Gasteiger partial charge in [-0.05, 0) is 63.2 Å². The van der Waals surface area contributed by atoms with Crippen LogP contribution in [0.4, 0.5) is 9.93 Å². The number of anilines is 1. The number of nitrogens with one attached hydrogen (secondary N) is 1. The van der Waals surface area contributed by atoms with E-state index in [4.69, 9.17) is 9.84 Å². The number of carboxylic acid groups (broad SMARTS) is 1. The van der Waals surface area contributed by atoms with Crippen molar-refractivity contribution in [1.82, 2.24) is 9.88 Å². The number of urea groups is 1. The van der Waals surface area contributed by atoms with Crippen LogP contribution in [0.1, 0.15) is 83.5 Å². The molecule has 3 fully saturated rings. The molecule has 0 unspecified atom stereocenters. The lowest BCUT2D eigenvalue weighted by Crippen LogP contribution is -2.50. The first kappa shape index (κ1) is 25.8. The van der Waals surface area contributed by atoms with E-state index in [0.717, 1.165) is 61.9 Å². The van der Waals surface area contributed by atoms with Gasteiger partial charge in [-0.2, -0.15) is 0 Å². The number of aromatic nitrogens is 1. The topological polar surface area (TPSA) is 91.8 Å². The first-order valence-corrected chi connectivity index (χ1v) is 14.9. The summed E-state index contributed by atoms with van der Waals surface area (Å²) in [6.45, 7) is 1.81. The maximum absolute atomic E-state index is 13.5. The van der Waals surface area contributed by atoms with Crippen molar-refractivity contribution >= 4 is 40.2 Å². The van der Waals surface area contributed by atoms with Crippen LogP contribution in [0, 0.1) is 11.8 Å². The Bertz CT molecular complexity index is 785. The summed E-state index contributed by atoms with van der Waals surface area (Å²) in [4.78, 5) is 30.8. The summed E-state index contributed by atoms with van der Waals surface area (Å²) in [6, 6.07) is 0.573. The number of rotatable bonds is 11. The third-order valence-corrected chi connectivity index (χ3v) is 9.43. The van der Waals surface area contributed by atoms with Gasteiger partial charge >= 0.3 is 12.0 Å². The van der Waals surface area contributed by atoms with Crippen LogP contribution >= 0.6 is 23.1 Å². The molecular formula is C25H39N3O4S2. The second-order valence-electron chi connectivity index (χ2n) is 10.1. The Hall–Kier alpha value is -1.32. The molecule has 0 aliphatic heterocycles. The number of amides is 2.